The van der Waals surface area contributed by atoms with Gasteiger partial charge in [0.25, 0.3) is 5.92 Å². The van der Waals surface area contributed by atoms with Gasteiger partial charge in [0.1, 0.15) is 12.1 Å². The van der Waals surface area contributed by atoms with E-state index < -0.39 is 29.5 Å². The molecule has 2 N–H and O–H groups in total. The van der Waals surface area contributed by atoms with Gasteiger partial charge in [0.2, 0.25) is 11.8 Å². The largest absolute Gasteiger partial charge is 0.391 e. The van der Waals surface area contributed by atoms with Crippen LogP contribution in [-0.2, 0) is 16.1 Å². The minimum absolute atomic E-state index is 0.0764. The molecule has 3 atom stereocenters. The van der Waals surface area contributed by atoms with Crippen molar-refractivity contribution in [1.82, 2.24) is 30.1 Å². The average Bonchev–Trinajstić information content (AvgIpc) is 3.28. The Morgan fingerprint density at radius 3 is 2.55 bits per heavy atom. The van der Waals surface area contributed by atoms with Crippen molar-refractivity contribution in [2.45, 2.75) is 70.7 Å². The highest BCUT2D eigenvalue weighted by molar-refractivity contribution is 5.90. The summed E-state index contributed by atoms with van der Waals surface area (Å²) in [5.74, 6) is -3.25. The SMILES string of the molecule is CNC(=O)[C@H]1CC(O)CN1C(=O)C(n1cc(CN2CCC(F)(F)CC2)nn1)C(C)(C)C. The van der Waals surface area contributed by atoms with E-state index in [1.54, 1.807) is 6.20 Å². The number of hydrogen-bond donors (Lipinski definition) is 2. The molecule has 31 heavy (non-hydrogen) atoms. The highest BCUT2D eigenvalue weighted by atomic mass is 19.3. The summed E-state index contributed by atoms with van der Waals surface area (Å²) in [5, 5.41) is 20.9. The maximum absolute atomic E-state index is 13.5. The Balaban J connectivity index is 1.77. The van der Waals surface area contributed by atoms with Crippen molar-refractivity contribution in [2.24, 2.45) is 5.41 Å². The van der Waals surface area contributed by atoms with E-state index in [2.05, 4.69) is 15.6 Å². The lowest BCUT2D eigenvalue weighted by molar-refractivity contribution is -0.144. The number of aliphatic hydroxyl groups excluding tert-OH is 1. The summed E-state index contributed by atoms with van der Waals surface area (Å²) in [6, 6.07) is -1.48. The first-order chi connectivity index (χ1) is 14.4. The second kappa shape index (κ2) is 8.78. The van der Waals surface area contributed by atoms with E-state index >= 15 is 0 Å². The molecule has 2 amide bonds. The topological polar surface area (TPSA) is 104 Å². The molecule has 2 unspecified atom stereocenters. The molecule has 0 bridgehead atoms. The van der Waals surface area contributed by atoms with Crippen molar-refractivity contribution in [2.75, 3.05) is 26.7 Å². The quantitative estimate of drug-likeness (QED) is 0.699. The molecule has 3 heterocycles. The summed E-state index contributed by atoms with van der Waals surface area (Å²) >= 11 is 0. The Morgan fingerprint density at radius 2 is 1.97 bits per heavy atom. The summed E-state index contributed by atoms with van der Waals surface area (Å²) in [4.78, 5) is 29.0. The Bertz CT molecular complexity index is 799. The normalized spacial score (nSPS) is 25.5. The van der Waals surface area contributed by atoms with E-state index in [9.17, 15) is 23.5 Å². The third kappa shape index (κ3) is 5.38. The number of β-amino-alcohol motifs (C(OH)–C–C–N with tert-alkyl or cyclic N) is 1. The van der Waals surface area contributed by atoms with Crippen LogP contribution in [0.3, 0.4) is 0 Å². The second-order valence-corrected chi connectivity index (χ2v) is 9.60. The minimum Gasteiger partial charge on any atom is -0.391 e. The Kier molecular flexibility index (Phi) is 6.66. The predicted molar refractivity (Wildman–Crippen MR) is 108 cm³/mol. The molecule has 2 saturated heterocycles. The number of rotatable bonds is 5. The highest BCUT2D eigenvalue weighted by Crippen LogP contribution is 2.34. The summed E-state index contributed by atoms with van der Waals surface area (Å²) < 4.78 is 28.3. The molecule has 0 spiro atoms. The molecular formula is C20H32F2N6O3. The third-order valence-corrected chi connectivity index (χ3v) is 5.96. The van der Waals surface area contributed by atoms with Gasteiger partial charge in [-0.2, -0.15) is 0 Å². The number of aliphatic hydroxyl groups is 1. The molecule has 0 radical (unpaired) electrons. The summed E-state index contributed by atoms with van der Waals surface area (Å²) in [6.07, 6.45) is 0.729. The van der Waals surface area contributed by atoms with Crippen LogP contribution in [0, 0.1) is 5.41 Å². The van der Waals surface area contributed by atoms with Crippen LogP contribution in [0.2, 0.25) is 0 Å². The molecule has 11 heteroatoms. The van der Waals surface area contributed by atoms with Gasteiger partial charge in [-0.3, -0.25) is 14.5 Å². The number of alkyl halides is 2. The zero-order valence-electron chi connectivity index (χ0n) is 18.5. The minimum atomic E-state index is -2.61. The van der Waals surface area contributed by atoms with Crippen LogP contribution in [0.15, 0.2) is 6.20 Å². The van der Waals surface area contributed by atoms with Gasteiger partial charge in [-0.25, -0.2) is 13.5 Å². The fraction of sp³-hybridized carbons (Fsp3) is 0.800. The van der Waals surface area contributed by atoms with Crippen molar-refractivity contribution in [3.8, 4) is 0 Å². The summed E-state index contributed by atoms with van der Waals surface area (Å²) in [6.45, 7) is 6.69. The molecule has 2 fully saturated rings. The van der Waals surface area contributed by atoms with Gasteiger partial charge in [-0.15, -0.1) is 5.10 Å². The molecule has 3 rings (SSSR count). The van der Waals surface area contributed by atoms with E-state index in [0.29, 0.717) is 12.2 Å². The maximum atomic E-state index is 13.5. The Labute approximate surface area is 180 Å². The van der Waals surface area contributed by atoms with Gasteiger partial charge in [-0.1, -0.05) is 26.0 Å². The van der Waals surface area contributed by atoms with Crippen molar-refractivity contribution < 1.29 is 23.5 Å². The lowest BCUT2D eigenvalue weighted by atomic mass is 9.85. The van der Waals surface area contributed by atoms with Crippen molar-refractivity contribution in [3.05, 3.63) is 11.9 Å². The van der Waals surface area contributed by atoms with Crippen LogP contribution in [0.4, 0.5) is 8.78 Å². The molecule has 0 saturated carbocycles. The molecule has 1 aromatic rings. The Morgan fingerprint density at radius 1 is 1.32 bits per heavy atom. The molecule has 174 valence electrons. The van der Waals surface area contributed by atoms with E-state index in [1.807, 2.05) is 25.7 Å². The summed E-state index contributed by atoms with van der Waals surface area (Å²) in [7, 11) is 1.50. The number of carbonyl (C=O) groups excluding carboxylic acids is 2. The molecular weight excluding hydrogens is 410 g/mol. The molecule has 0 aliphatic carbocycles. The number of carbonyl (C=O) groups is 2. The summed E-state index contributed by atoms with van der Waals surface area (Å²) in [5.41, 5.74) is 0.0484. The first kappa shape index (κ1) is 23.5. The highest BCUT2D eigenvalue weighted by Gasteiger charge is 2.45. The van der Waals surface area contributed by atoms with Gasteiger partial charge in [0.05, 0.1) is 18.0 Å². The number of halogens is 2. The van der Waals surface area contributed by atoms with Crippen LogP contribution >= 0.6 is 0 Å². The molecule has 2 aliphatic rings. The fourth-order valence-electron chi connectivity index (χ4n) is 4.29. The van der Waals surface area contributed by atoms with Crippen LogP contribution < -0.4 is 5.32 Å². The standard InChI is InChI=1S/C20H32F2N6O3/c1-19(2,3)16(18(31)27-12-14(29)9-15(27)17(30)23-4)28-11-13(24-25-28)10-26-7-5-20(21,22)6-8-26/h11,14-16,29H,5-10,12H2,1-4H3,(H,23,30)/t14?,15-,16?/m1/s1. The average molecular weight is 443 g/mol. The number of likely N-dealkylation sites (tertiary alicyclic amines) is 2. The second-order valence-electron chi connectivity index (χ2n) is 9.60. The van der Waals surface area contributed by atoms with Crippen molar-refractivity contribution in [3.63, 3.8) is 0 Å². The molecule has 0 aromatic carbocycles. The van der Waals surface area contributed by atoms with E-state index in [4.69, 9.17) is 0 Å². The monoisotopic (exact) mass is 442 g/mol. The lowest BCUT2D eigenvalue weighted by Gasteiger charge is -2.34. The van der Waals surface area contributed by atoms with Gasteiger partial charge in [0, 0.05) is 52.5 Å². The maximum Gasteiger partial charge on any atom is 0.250 e. The number of aromatic nitrogens is 3. The van der Waals surface area contributed by atoms with Crippen LogP contribution in [0.1, 0.15) is 51.8 Å². The van der Waals surface area contributed by atoms with Crippen molar-refractivity contribution >= 4 is 11.8 Å². The number of nitrogens with one attached hydrogen (secondary N) is 1. The van der Waals surface area contributed by atoms with Gasteiger partial charge >= 0.3 is 0 Å². The Hall–Kier alpha value is -2.14. The van der Waals surface area contributed by atoms with E-state index in [1.165, 1.54) is 16.6 Å². The van der Waals surface area contributed by atoms with Crippen LogP contribution in [-0.4, -0.2) is 86.5 Å². The van der Waals surface area contributed by atoms with Gasteiger partial charge in [0.15, 0.2) is 0 Å². The van der Waals surface area contributed by atoms with Gasteiger partial charge in [-0.05, 0) is 5.41 Å². The van der Waals surface area contributed by atoms with E-state index in [0.717, 1.165) is 0 Å². The number of amides is 2. The predicted octanol–water partition coefficient (Wildman–Crippen LogP) is 0.804. The lowest BCUT2D eigenvalue weighted by Crippen LogP contribution is -2.49. The third-order valence-electron chi connectivity index (χ3n) is 5.96. The first-order valence-corrected chi connectivity index (χ1v) is 10.6. The number of piperidine rings is 1. The zero-order chi connectivity index (χ0) is 23.0. The zero-order valence-corrected chi connectivity index (χ0v) is 18.5. The fourth-order valence-corrected chi connectivity index (χ4v) is 4.29. The molecule has 9 nitrogen and oxygen atoms in total. The number of likely N-dealkylation sites (N-methyl/N-ethyl adjacent to an activating group) is 1. The smallest absolute Gasteiger partial charge is 0.250 e. The first-order valence-electron chi connectivity index (χ1n) is 10.6. The van der Waals surface area contributed by atoms with Crippen LogP contribution in [0.5, 0.6) is 0 Å². The molecule has 2 aliphatic heterocycles. The number of hydrogen-bond acceptors (Lipinski definition) is 6. The van der Waals surface area contributed by atoms with Crippen molar-refractivity contribution in [1.29, 1.82) is 0 Å². The molecule has 1 aromatic heterocycles. The van der Waals surface area contributed by atoms with E-state index in [-0.39, 0.29) is 50.7 Å². The van der Waals surface area contributed by atoms with Gasteiger partial charge < -0.3 is 15.3 Å². The number of nitrogens with zero attached hydrogens (tertiary/aromatic N) is 5. The van der Waals surface area contributed by atoms with Crippen LogP contribution in [0.25, 0.3) is 0 Å².